The molecule has 0 amide bonds. The van der Waals surface area contributed by atoms with Crippen LogP contribution in [0, 0.1) is 5.82 Å². The molecule has 2 aromatic rings. The molecule has 0 atom stereocenters. The van der Waals surface area contributed by atoms with E-state index in [0.717, 1.165) is 6.07 Å². The lowest BCUT2D eigenvalue weighted by molar-refractivity contribution is 0.598. The van der Waals surface area contributed by atoms with Crippen molar-refractivity contribution in [2.45, 2.75) is 4.90 Å². The smallest absolute Gasteiger partial charge is 0.262 e. The molecule has 20 heavy (non-hydrogen) atoms. The van der Waals surface area contributed by atoms with Crippen molar-refractivity contribution in [3.63, 3.8) is 0 Å². The Morgan fingerprint density at radius 1 is 1.25 bits per heavy atom. The highest BCUT2D eigenvalue weighted by molar-refractivity contribution is 9.10. The second-order valence-electron chi connectivity index (χ2n) is 3.89. The van der Waals surface area contributed by atoms with Crippen LogP contribution >= 0.6 is 27.5 Å². The zero-order valence-corrected chi connectivity index (χ0v) is 13.1. The number of para-hydroxylation sites is 1. The van der Waals surface area contributed by atoms with Gasteiger partial charge in [-0.3, -0.25) is 4.72 Å². The molecule has 0 fully saturated rings. The van der Waals surface area contributed by atoms with Crippen LogP contribution in [-0.2, 0) is 10.0 Å². The standard InChI is InChI=1S/C12H9BrClFN2O2S/c13-8-5-4-7(6-11(8)16)20(18,19)17-12-9(14)2-1-3-10(12)15/h1-6,17H,16H2. The molecule has 2 aromatic carbocycles. The molecular weight excluding hydrogens is 371 g/mol. The molecule has 0 aliphatic carbocycles. The highest BCUT2D eigenvalue weighted by atomic mass is 79.9. The third-order valence-corrected chi connectivity index (χ3v) is 4.86. The molecule has 3 N–H and O–H groups in total. The van der Waals surface area contributed by atoms with Crippen molar-refractivity contribution < 1.29 is 12.8 Å². The van der Waals surface area contributed by atoms with Gasteiger partial charge in [-0.25, -0.2) is 12.8 Å². The first kappa shape index (κ1) is 15.1. The van der Waals surface area contributed by atoms with Crippen LogP contribution in [0.15, 0.2) is 45.8 Å². The molecule has 2 rings (SSSR count). The SMILES string of the molecule is Nc1cc(S(=O)(=O)Nc2c(F)cccc2Cl)ccc1Br. The van der Waals surface area contributed by atoms with Gasteiger partial charge in [0.25, 0.3) is 10.0 Å². The van der Waals surface area contributed by atoms with Crippen molar-refractivity contribution in [2.24, 2.45) is 0 Å². The van der Waals surface area contributed by atoms with Gasteiger partial charge >= 0.3 is 0 Å². The number of nitrogen functional groups attached to an aromatic ring is 1. The maximum Gasteiger partial charge on any atom is 0.262 e. The van der Waals surface area contributed by atoms with Gasteiger partial charge in [0.1, 0.15) is 11.5 Å². The molecule has 0 saturated heterocycles. The zero-order valence-electron chi connectivity index (χ0n) is 9.90. The fraction of sp³-hybridized carbons (Fsp3) is 0. The van der Waals surface area contributed by atoms with Gasteiger partial charge in [0.05, 0.1) is 9.92 Å². The van der Waals surface area contributed by atoms with Crippen LogP contribution in [0.25, 0.3) is 0 Å². The Labute approximate surface area is 128 Å². The van der Waals surface area contributed by atoms with Crippen molar-refractivity contribution in [1.29, 1.82) is 0 Å². The molecule has 106 valence electrons. The summed E-state index contributed by atoms with van der Waals surface area (Å²) in [6.45, 7) is 0. The first-order chi connectivity index (χ1) is 9.31. The molecule has 0 bridgehead atoms. The third kappa shape index (κ3) is 3.05. The number of nitrogens with one attached hydrogen (secondary N) is 1. The second kappa shape index (κ2) is 5.59. The Hall–Kier alpha value is -1.31. The number of rotatable bonds is 3. The van der Waals surface area contributed by atoms with Crippen LogP contribution in [0.5, 0.6) is 0 Å². The highest BCUT2D eigenvalue weighted by Gasteiger charge is 2.19. The summed E-state index contributed by atoms with van der Waals surface area (Å²) in [6, 6.07) is 7.98. The molecule has 0 unspecified atom stereocenters. The van der Waals surface area contributed by atoms with Gasteiger partial charge in [-0.15, -0.1) is 0 Å². The van der Waals surface area contributed by atoms with Crippen LogP contribution in [0.2, 0.25) is 5.02 Å². The molecule has 0 spiro atoms. The van der Waals surface area contributed by atoms with E-state index >= 15 is 0 Å². The Kier molecular flexibility index (Phi) is 4.22. The maximum atomic E-state index is 13.6. The van der Waals surface area contributed by atoms with Gasteiger partial charge in [0.2, 0.25) is 0 Å². The Balaban J connectivity index is 2.43. The van der Waals surface area contributed by atoms with Crippen LogP contribution in [-0.4, -0.2) is 8.42 Å². The van der Waals surface area contributed by atoms with E-state index in [0.29, 0.717) is 4.47 Å². The summed E-state index contributed by atoms with van der Waals surface area (Å²) in [6.07, 6.45) is 0. The fourth-order valence-electron chi connectivity index (χ4n) is 1.48. The molecule has 0 heterocycles. The lowest BCUT2D eigenvalue weighted by Gasteiger charge is -2.11. The lowest BCUT2D eigenvalue weighted by Crippen LogP contribution is -2.14. The number of anilines is 2. The monoisotopic (exact) mass is 378 g/mol. The lowest BCUT2D eigenvalue weighted by atomic mass is 10.3. The molecule has 0 aliphatic rings. The molecular formula is C12H9BrClFN2O2S. The normalized spacial score (nSPS) is 11.3. The van der Waals surface area contributed by atoms with E-state index in [-0.39, 0.29) is 21.3 Å². The first-order valence-corrected chi connectivity index (χ1v) is 7.98. The highest BCUT2D eigenvalue weighted by Crippen LogP contribution is 2.29. The van der Waals surface area contributed by atoms with E-state index in [9.17, 15) is 12.8 Å². The van der Waals surface area contributed by atoms with Gasteiger partial charge in [-0.05, 0) is 46.3 Å². The first-order valence-electron chi connectivity index (χ1n) is 5.33. The van der Waals surface area contributed by atoms with Crippen LogP contribution in [0.3, 0.4) is 0 Å². The predicted molar refractivity (Wildman–Crippen MR) is 80.8 cm³/mol. The number of nitrogens with two attached hydrogens (primary N) is 1. The average Bonchev–Trinajstić information content (AvgIpc) is 2.37. The van der Waals surface area contributed by atoms with E-state index < -0.39 is 15.8 Å². The Morgan fingerprint density at radius 3 is 2.55 bits per heavy atom. The fourth-order valence-corrected chi connectivity index (χ4v) is 3.11. The van der Waals surface area contributed by atoms with Crippen molar-refractivity contribution in [1.82, 2.24) is 0 Å². The number of halogens is 3. The minimum Gasteiger partial charge on any atom is -0.398 e. The van der Waals surface area contributed by atoms with Crippen LogP contribution < -0.4 is 10.5 Å². The molecule has 0 radical (unpaired) electrons. The summed E-state index contributed by atoms with van der Waals surface area (Å²) >= 11 is 8.95. The topological polar surface area (TPSA) is 72.2 Å². The molecule has 0 aromatic heterocycles. The van der Waals surface area contributed by atoms with Crippen molar-refractivity contribution in [2.75, 3.05) is 10.5 Å². The minimum atomic E-state index is -3.97. The third-order valence-electron chi connectivity index (χ3n) is 2.48. The molecule has 8 heteroatoms. The predicted octanol–water partition coefficient (Wildman–Crippen LogP) is 3.62. The van der Waals surface area contributed by atoms with E-state index in [4.69, 9.17) is 17.3 Å². The van der Waals surface area contributed by atoms with Crippen molar-refractivity contribution in [3.05, 3.63) is 51.7 Å². The van der Waals surface area contributed by atoms with Gasteiger partial charge < -0.3 is 5.73 Å². The van der Waals surface area contributed by atoms with Gasteiger partial charge in [-0.2, -0.15) is 0 Å². The number of hydrogen-bond donors (Lipinski definition) is 2. The summed E-state index contributed by atoms with van der Waals surface area (Å²) in [7, 11) is -3.97. The van der Waals surface area contributed by atoms with Crippen LogP contribution in [0.4, 0.5) is 15.8 Å². The summed E-state index contributed by atoms with van der Waals surface area (Å²) in [4.78, 5) is -0.0856. The average molecular weight is 380 g/mol. The van der Waals surface area contributed by atoms with Gasteiger partial charge in [-0.1, -0.05) is 17.7 Å². The van der Waals surface area contributed by atoms with Crippen molar-refractivity contribution in [3.8, 4) is 0 Å². The van der Waals surface area contributed by atoms with E-state index in [1.165, 1.54) is 30.3 Å². The molecule has 0 saturated carbocycles. The number of benzene rings is 2. The summed E-state index contributed by atoms with van der Waals surface area (Å²) in [5.74, 6) is -0.758. The second-order valence-corrected chi connectivity index (χ2v) is 6.83. The largest absolute Gasteiger partial charge is 0.398 e. The molecule has 0 aliphatic heterocycles. The number of sulfonamides is 1. The minimum absolute atomic E-state index is 0.0290. The van der Waals surface area contributed by atoms with Gasteiger partial charge in [0, 0.05) is 10.2 Å². The van der Waals surface area contributed by atoms with Crippen molar-refractivity contribution >= 4 is 48.9 Å². The van der Waals surface area contributed by atoms with E-state index in [1.807, 2.05) is 0 Å². The maximum absolute atomic E-state index is 13.6. The number of hydrogen-bond acceptors (Lipinski definition) is 3. The van der Waals surface area contributed by atoms with Gasteiger partial charge in [0.15, 0.2) is 0 Å². The Bertz CT molecular complexity index is 748. The van der Waals surface area contributed by atoms with E-state index in [1.54, 1.807) is 0 Å². The summed E-state index contributed by atoms with van der Waals surface area (Å²) in [5.41, 5.74) is 5.59. The van der Waals surface area contributed by atoms with Crippen LogP contribution in [0.1, 0.15) is 0 Å². The Morgan fingerprint density at radius 2 is 1.95 bits per heavy atom. The van der Waals surface area contributed by atoms with E-state index in [2.05, 4.69) is 20.7 Å². The summed E-state index contributed by atoms with van der Waals surface area (Å²) < 4.78 is 40.6. The molecule has 4 nitrogen and oxygen atoms in total. The summed E-state index contributed by atoms with van der Waals surface area (Å²) in [5, 5.41) is -0.0290. The zero-order chi connectivity index (χ0) is 14.9. The quantitative estimate of drug-likeness (QED) is 0.800.